The first-order chi connectivity index (χ1) is 12.7. The minimum absolute atomic E-state index is 0.167. The second kappa shape index (κ2) is 7.96. The number of carbonyl (C=O) groups is 1. The zero-order valence-electron chi connectivity index (χ0n) is 17.4. The minimum Gasteiger partial charge on any atom is -0.465 e. The van der Waals surface area contributed by atoms with Gasteiger partial charge in [-0.1, -0.05) is 44.2 Å². The van der Waals surface area contributed by atoms with E-state index in [1.807, 2.05) is 24.3 Å². The van der Waals surface area contributed by atoms with E-state index >= 15 is 0 Å². The van der Waals surface area contributed by atoms with Crippen molar-refractivity contribution < 1.29 is 18.8 Å². The van der Waals surface area contributed by atoms with Crippen molar-refractivity contribution in [1.29, 1.82) is 0 Å². The van der Waals surface area contributed by atoms with Gasteiger partial charge in [0.2, 0.25) is 0 Å². The molecule has 27 heavy (non-hydrogen) atoms. The molecule has 2 fully saturated rings. The fraction of sp³-hybridized carbons (Fsp3) is 0.682. The van der Waals surface area contributed by atoms with Crippen LogP contribution in [0.3, 0.4) is 0 Å². The molecule has 1 saturated heterocycles. The van der Waals surface area contributed by atoms with E-state index in [1.165, 1.54) is 44.8 Å². The molecule has 0 radical (unpaired) electrons. The molecule has 1 heterocycles. The molecule has 0 N–H and O–H groups in total. The average Bonchev–Trinajstić information content (AvgIpc) is 2.87. The molecule has 0 bridgehead atoms. The number of carbonyl (C=O) groups excluding carboxylic acids is 1. The molecule has 1 aromatic carbocycles. The normalized spacial score (nSPS) is 23.2. The number of benzene rings is 1. The number of methoxy groups -OCH3 is 1. The predicted octanol–water partition coefficient (Wildman–Crippen LogP) is 5.16. The van der Waals surface area contributed by atoms with Crippen LogP contribution in [-0.2, 0) is 14.0 Å². The Bertz CT molecular complexity index is 631. The van der Waals surface area contributed by atoms with Crippen molar-refractivity contribution >= 4 is 13.1 Å². The van der Waals surface area contributed by atoms with Crippen LogP contribution in [-0.4, -0.2) is 31.4 Å². The number of hydrogen-bond donors (Lipinski definition) is 0. The Morgan fingerprint density at radius 1 is 1.07 bits per heavy atom. The molecule has 1 saturated carbocycles. The molecule has 0 amide bonds. The average molecular weight is 372 g/mol. The first-order valence-electron chi connectivity index (χ1n) is 10.3. The quantitative estimate of drug-likeness (QED) is 0.529. The lowest BCUT2D eigenvalue weighted by Crippen LogP contribution is -2.41. The SMILES string of the molecule is COC(=O)c1ccc([C@@H](CC2CCCCC2)B2OC(C)(C)C(C)(C)O2)cc1. The molecule has 0 unspecified atom stereocenters. The Morgan fingerprint density at radius 3 is 2.15 bits per heavy atom. The van der Waals surface area contributed by atoms with Gasteiger partial charge < -0.3 is 14.0 Å². The summed E-state index contributed by atoms with van der Waals surface area (Å²) >= 11 is 0. The van der Waals surface area contributed by atoms with Crippen LogP contribution in [0.15, 0.2) is 24.3 Å². The van der Waals surface area contributed by atoms with Gasteiger partial charge in [0, 0.05) is 5.82 Å². The summed E-state index contributed by atoms with van der Waals surface area (Å²) in [5, 5.41) is 0. The van der Waals surface area contributed by atoms with E-state index in [2.05, 4.69) is 27.7 Å². The first kappa shape index (κ1) is 20.4. The summed E-state index contributed by atoms with van der Waals surface area (Å²) in [5.41, 5.74) is 1.07. The van der Waals surface area contributed by atoms with Crippen molar-refractivity contribution in [3.8, 4) is 0 Å². The highest BCUT2D eigenvalue weighted by atomic mass is 16.7. The van der Waals surface area contributed by atoms with Gasteiger partial charge in [-0.2, -0.15) is 0 Å². The van der Waals surface area contributed by atoms with Crippen LogP contribution in [0.4, 0.5) is 0 Å². The summed E-state index contributed by atoms with van der Waals surface area (Å²) in [6, 6.07) is 7.76. The zero-order chi connectivity index (χ0) is 19.7. The Labute approximate surface area is 164 Å². The fourth-order valence-corrected chi connectivity index (χ4v) is 4.22. The van der Waals surface area contributed by atoms with Crippen molar-refractivity contribution in [2.24, 2.45) is 5.92 Å². The predicted molar refractivity (Wildman–Crippen MR) is 108 cm³/mol. The second-order valence-corrected chi connectivity index (χ2v) is 9.08. The number of rotatable bonds is 5. The minimum atomic E-state index is -0.339. The van der Waals surface area contributed by atoms with Gasteiger partial charge in [0.15, 0.2) is 0 Å². The van der Waals surface area contributed by atoms with Crippen molar-refractivity contribution in [3.63, 3.8) is 0 Å². The summed E-state index contributed by atoms with van der Waals surface area (Å²) < 4.78 is 17.6. The summed E-state index contributed by atoms with van der Waals surface area (Å²) in [4.78, 5) is 11.8. The highest BCUT2D eigenvalue weighted by Crippen LogP contribution is 2.44. The van der Waals surface area contributed by atoms with E-state index in [0.29, 0.717) is 11.5 Å². The molecule has 1 aliphatic carbocycles. The molecule has 1 aliphatic heterocycles. The molecule has 0 aromatic heterocycles. The molecule has 3 rings (SSSR count). The maximum atomic E-state index is 11.8. The van der Waals surface area contributed by atoms with Crippen molar-refractivity contribution in [2.45, 2.75) is 83.2 Å². The van der Waals surface area contributed by atoms with Gasteiger partial charge in [0.05, 0.1) is 23.9 Å². The third-order valence-electron chi connectivity index (χ3n) is 6.67. The Hall–Kier alpha value is -1.33. The molecule has 5 heteroatoms. The van der Waals surface area contributed by atoms with Gasteiger partial charge in [0.25, 0.3) is 0 Å². The van der Waals surface area contributed by atoms with Gasteiger partial charge in [-0.05, 0) is 57.7 Å². The molecule has 1 aromatic rings. The Kier molecular flexibility index (Phi) is 6.02. The van der Waals surface area contributed by atoms with Crippen molar-refractivity contribution in [3.05, 3.63) is 35.4 Å². The van der Waals surface area contributed by atoms with Crippen LogP contribution in [0.2, 0.25) is 0 Å². The highest BCUT2D eigenvalue weighted by Gasteiger charge is 2.54. The maximum Gasteiger partial charge on any atom is 0.465 e. The zero-order valence-corrected chi connectivity index (χ0v) is 17.4. The number of esters is 1. The van der Waals surface area contributed by atoms with E-state index in [9.17, 15) is 4.79 Å². The molecular weight excluding hydrogens is 339 g/mol. The summed E-state index contributed by atoms with van der Waals surface area (Å²) in [7, 11) is 1.15. The fourth-order valence-electron chi connectivity index (χ4n) is 4.22. The topological polar surface area (TPSA) is 44.8 Å². The lowest BCUT2D eigenvalue weighted by Gasteiger charge is -2.32. The molecule has 4 nitrogen and oxygen atoms in total. The summed E-state index contributed by atoms with van der Waals surface area (Å²) in [5.74, 6) is 0.574. The van der Waals surface area contributed by atoms with Crippen LogP contribution in [0.25, 0.3) is 0 Å². The lowest BCUT2D eigenvalue weighted by atomic mass is 9.63. The molecule has 1 atom stereocenters. The second-order valence-electron chi connectivity index (χ2n) is 9.08. The third kappa shape index (κ3) is 4.40. The third-order valence-corrected chi connectivity index (χ3v) is 6.67. The molecule has 2 aliphatic rings. The number of hydrogen-bond acceptors (Lipinski definition) is 4. The van der Waals surface area contributed by atoms with Gasteiger partial charge in [-0.15, -0.1) is 0 Å². The van der Waals surface area contributed by atoms with Gasteiger partial charge in [-0.3, -0.25) is 0 Å². The first-order valence-corrected chi connectivity index (χ1v) is 10.3. The van der Waals surface area contributed by atoms with Crippen LogP contribution >= 0.6 is 0 Å². The standard InChI is InChI=1S/C22H33BO4/c1-21(2)22(3,4)27-23(26-21)19(15-16-9-7-6-8-10-16)17-11-13-18(14-12-17)20(24)25-5/h11-14,16,19H,6-10,15H2,1-5H3/t19-/m1/s1. The van der Waals surface area contributed by atoms with Gasteiger partial charge >= 0.3 is 13.1 Å². The Balaban J connectivity index is 1.84. The van der Waals surface area contributed by atoms with Crippen molar-refractivity contribution in [1.82, 2.24) is 0 Å². The summed E-state index contributed by atoms with van der Waals surface area (Å²) in [6.45, 7) is 8.41. The van der Waals surface area contributed by atoms with E-state index in [-0.39, 0.29) is 30.1 Å². The number of ether oxygens (including phenoxy) is 1. The molecule has 0 spiro atoms. The van der Waals surface area contributed by atoms with Crippen LogP contribution in [0.5, 0.6) is 0 Å². The van der Waals surface area contributed by atoms with Gasteiger partial charge in [-0.25, -0.2) is 4.79 Å². The van der Waals surface area contributed by atoms with Crippen molar-refractivity contribution in [2.75, 3.05) is 7.11 Å². The van der Waals surface area contributed by atoms with E-state index in [4.69, 9.17) is 14.0 Å². The Morgan fingerprint density at radius 2 is 1.63 bits per heavy atom. The monoisotopic (exact) mass is 372 g/mol. The molecule has 148 valence electrons. The molecular formula is C22H33BO4. The lowest BCUT2D eigenvalue weighted by molar-refractivity contribution is 0.00578. The van der Waals surface area contributed by atoms with Crippen LogP contribution in [0, 0.1) is 5.92 Å². The smallest absolute Gasteiger partial charge is 0.465 e. The van der Waals surface area contributed by atoms with Crippen LogP contribution < -0.4 is 0 Å². The van der Waals surface area contributed by atoms with E-state index in [0.717, 1.165) is 6.42 Å². The largest absolute Gasteiger partial charge is 0.465 e. The van der Waals surface area contributed by atoms with Crippen LogP contribution in [0.1, 0.15) is 88.0 Å². The van der Waals surface area contributed by atoms with E-state index in [1.54, 1.807) is 0 Å². The maximum absolute atomic E-state index is 11.8. The van der Waals surface area contributed by atoms with Gasteiger partial charge in [0.1, 0.15) is 0 Å². The highest BCUT2D eigenvalue weighted by molar-refractivity contribution is 6.47. The summed E-state index contributed by atoms with van der Waals surface area (Å²) in [6.07, 6.45) is 7.64. The van der Waals surface area contributed by atoms with E-state index < -0.39 is 0 Å².